The summed E-state index contributed by atoms with van der Waals surface area (Å²) in [4.78, 5) is 25.3. The van der Waals surface area contributed by atoms with Gasteiger partial charge in [0, 0.05) is 12.1 Å². The summed E-state index contributed by atoms with van der Waals surface area (Å²) >= 11 is 0. The van der Waals surface area contributed by atoms with E-state index in [2.05, 4.69) is 12.2 Å². The number of benzene rings is 1. The Labute approximate surface area is 171 Å². The van der Waals surface area contributed by atoms with E-state index in [1.807, 2.05) is 19.1 Å². The Morgan fingerprint density at radius 1 is 1.17 bits per heavy atom. The van der Waals surface area contributed by atoms with Crippen LogP contribution in [0.25, 0.3) is 17.0 Å². The summed E-state index contributed by atoms with van der Waals surface area (Å²) in [6.07, 6.45) is 12.5. The van der Waals surface area contributed by atoms with Gasteiger partial charge in [0.25, 0.3) is 0 Å². The Balaban J connectivity index is 1.31. The van der Waals surface area contributed by atoms with E-state index in [1.54, 1.807) is 12.1 Å². The third kappa shape index (κ3) is 3.33. The van der Waals surface area contributed by atoms with Crippen molar-refractivity contribution in [2.45, 2.75) is 58.4 Å². The van der Waals surface area contributed by atoms with Crippen molar-refractivity contribution in [2.24, 2.45) is 23.2 Å². The molecule has 4 fully saturated rings. The molecule has 152 valence electrons. The van der Waals surface area contributed by atoms with E-state index in [0.717, 1.165) is 23.3 Å². The third-order valence-corrected chi connectivity index (χ3v) is 7.73. The quantitative estimate of drug-likeness (QED) is 0.759. The number of carbonyl (C=O) groups excluding carboxylic acids is 1. The van der Waals surface area contributed by atoms with Gasteiger partial charge in [0.15, 0.2) is 5.43 Å². The van der Waals surface area contributed by atoms with Crippen LogP contribution in [0.4, 0.5) is 0 Å². The highest BCUT2D eigenvalue weighted by molar-refractivity contribution is 5.92. The highest BCUT2D eigenvalue weighted by atomic mass is 16.3. The van der Waals surface area contributed by atoms with Crippen LogP contribution in [0.1, 0.15) is 56.6 Å². The number of nitrogens with one attached hydrogen (secondary N) is 1. The minimum Gasteiger partial charge on any atom is -0.463 e. The van der Waals surface area contributed by atoms with Gasteiger partial charge in [-0.25, -0.2) is 0 Å². The molecule has 6 rings (SSSR count). The molecule has 29 heavy (non-hydrogen) atoms. The predicted octanol–water partition coefficient (Wildman–Crippen LogP) is 4.84. The summed E-state index contributed by atoms with van der Waals surface area (Å²) in [5.74, 6) is 2.46. The maximum Gasteiger partial charge on any atom is 0.244 e. The van der Waals surface area contributed by atoms with E-state index in [1.165, 1.54) is 50.9 Å². The zero-order valence-electron chi connectivity index (χ0n) is 17.2. The Morgan fingerprint density at radius 3 is 2.48 bits per heavy atom. The van der Waals surface area contributed by atoms with Crippen molar-refractivity contribution in [2.75, 3.05) is 0 Å². The topological polar surface area (TPSA) is 59.3 Å². The van der Waals surface area contributed by atoms with E-state index in [4.69, 9.17) is 4.42 Å². The Kier molecular flexibility index (Phi) is 4.41. The van der Waals surface area contributed by atoms with Crippen molar-refractivity contribution in [1.82, 2.24) is 5.32 Å². The van der Waals surface area contributed by atoms with Crippen LogP contribution in [0.5, 0.6) is 0 Å². The summed E-state index contributed by atoms with van der Waals surface area (Å²) in [6.45, 7) is 4.12. The van der Waals surface area contributed by atoms with E-state index >= 15 is 0 Å². The van der Waals surface area contributed by atoms with E-state index < -0.39 is 0 Å². The molecule has 4 aliphatic carbocycles. The lowest BCUT2D eigenvalue weighted by molar-refractivity contribution is -0.121. The molecule has 1 N–H and O–H groups in total. The van der Waals surface area contributed by atoms with Gasteiger partial charge in [-0.3, -0.25) is 9.59 Å². The van der Waals surface area contributed by atoms with Crippen molar-refractivity contribution < 1.29 is 9.21 Å². The number of hydrogen-bond acceptors (Lipinski definition) is 3. The molecule has 1 heterocycles. The van der Waals surface area contributed by atoms with Crippen LogP contribution in [-0.2, 0) is 4.79 Å². The molecule has 1 aromatic carbocycles. The van der Waals surface area contributed by atoms with Crippen LogP contribution in [0.3, 0.4) is 0 Å². The van der Waals surface area contributed by atoms with E-state index in [9.17, 15) is 9.59 Å². The molecule has 1 aromatic heterocycles. The molecule has 0 spiro atoms. The van der Waals surface area contributed by atoms with E-state index in [0.29, 0.717) is 16.5 Å². The summed E-state index contributed by atoms with van der Waals surface area (Å²) in [5, 5.41) is 3.76. The predicted molar refractivity (Wildman–Crippen MR) is 114 cm³/mol. The molecule has 0 aliphatic heterocycles. The van der Waals surface area contributed by atoms with Crippen molar-refractivity contribution in [1.29, 1.82) is 0 Å². The van der Waals surface area contributed by atoms with Crippen LogP contribution in [0, 0.1) is 30.1 Å². The van der Waals surface area contributed by atoms with Gasteiger partial charge in [-0.2, -0.15) is 0 Å². The smallest absolute Gasteiger partial charge is 0.244 e. The fraction of sp³-hybridized carbons (Fsp3) is 0.520. The van der Waals surface area contributed by atoms with Gasteiger partial charge < -0.3 is 9.73 Å². The third-order valence-electron chi connectivity index (χ3n) is 7.73. The number of aryl methyl sites for hydroxylation is 1. The average molecular weight is 392 g/mol. The summed E-state index contributed by atoms with van der Waals surface area (Å²) < 4.78 is 5.57. The molecular weight excluding hydrogens is 362 g/mol. The Bertz CT molecular complexity index is 1010. The fourth-order valence-corrected chi connectivity index (χ4v) is 6.66. The zero-order valence-corrected chi connectivity index (χ0v) is 17.2. The molecule has 1 atom stereocenters. The summed E-state index contributed by atoms with van der Waals surface area (Å²) in [7, 11) is 0. The number of rotatable bonds is 4. The molecule has 4 aliphatic rings. The maximum absolute atomic E-state index is 12.7. The Morgan fingerprint density at radius 2 is 1.83 bits per heavy atom. The Hall–Kier alpha value is -2.36. The molecule has 2 aromatic rings. The summed E-state index contributed by atoms with van der Waals surface area (Å²) in [6, 6.07) is 5.72. The van der Waals surface area contributed by atoms with Gasteiger partial charge in [-0.1, -0.05) is 11.6 Å². The van der Waals surface area contributed by atoms with Gasteiger partial charge in [0.05, 0.1) is 10.9 Å². The van der Waals surface area contributed by atoms with Gasteiger partial charge in [0.2, 0.25) is 5.91 Å². The maximum atomic E-state index is 12.7. The number of carbonyl (C=O) groups is 1. The molecule has 1 unspecified atom stereocenters. The largest absolute Gasteiger partial charge is 0.463 e. The lowest BCUT2D eigenvalue weighted by atomic mass is 9.48. The minimum atomic E-state index is -0.128. The summed E-state index contributed by atoms with van der Waals surface area (Å²) in [5.41, 5.74) is 2.15. The normalized spacial score (nSPS) is 31.4. The highest BCUT2D eigenvalue weighted by Crippen LogP contribution is 2.61. The second-order valence-electron chi connectivity index (χ2n) is 9.86. The lowest BCUT2D eigenvalue weighted by Gasteiger charge is -2.59. The van der Waals surface area contributed by atoms with Gasteiger partial charge >= 0.3 is 0 Å². The van der Waals surface area contributed by atoms with Crippen molar-refractivity contribution in [3.8, 4) is 0 Å². The molecule has 0 radical (unpaired) electrons. The van der Waals surface area contributed by atoms with Gasteiger partial charge in [-0.15, -0.1) is 0 Å². The second-order valence-corrected chi connectivity index (χ2v) is 9.86. The molecular formula is C25H29NO3. The second kappa shape index (κ2) is 6.86. The molecule has 4 nitrogen and oxygen atoms in total. The number of hydrogen-bond donors (Lipinski definition) is 1. The first kappa shape index (κ1) is 18.7. The zero-order chi connectivity index (χ0) is 20.2. The monoisotopic (exact) mass is 391 g/mol. The first-order valence-corrected chi connectivity index (χ1v) is 10.9. The average Bonchev–Trinajstić information content (AvgIpc) is 2.67. The van der Waals surface area contributed by atoms with Crippen LogP contribution in [0.15, 0.2) is 39.7 Å². The fourth-order valence-electron chi connectivity index (χ4n) is 6.66. The number of fused-ring (bicyclic) bond motifs is 1. The van der Waals surface area contributed by atoms with Crippen molar-refractivity contribution >= 4 is 23.0 Å². The molecule has 0 saturated heterocycles. The van der Waals surface area contributed by atoms with E-state index in [-0.39, 0.29) is 22.8 Å². The van der Waals surface area contributed by atoms with Crippen LogP contribution in [-0.4, -0.2) is 11.9 Å². The number of amides is 1. The first-order chi connectivity index (χ1) is 13.9. The first-order valence-electron chi connectivity index (χ1n) is 10.9. The van der Waals surface area contributed by atoms with Crippen LogP contribution in [0.2, 0.25) is 0 Å². The van der Waals surface area contributed by atoms with Crippen LogP contribution >= 0.6 is 0 Å². The molecule has 1 amide bonds. The van der Waals surface area contributed by atoms with Gasteiger partial charge in [-0.05, 0) is 93.7 Å². The van der Waals surface area contributed by atoms with Crippen molar-refractivity contribution in [3.05, 3.63) is 51.9 Å². The molecule has 4 saturated carbocycles. The van der Waals surface area contributed by atoms with Crippen molar-refractivity contribution in [3.63, 3.8) is 0 Å². The molecule has 4 heteroatoms. The standard InChI is InChI=1S/C25H29NO3/c1-15-3-5-22-21(7-15)24(28)20(14-29-22)4-6-23(27)26-16(2)25-11-17-8-18(12-25)10-19(9-17)13-25/h3-7,14,16-19H,8-13H2,1-2H3,(H,26,27)/b6-4+. The lowest BCUT2D eigenvalue weighted by Crippen LogP contribution is -2.55. The minimum absolute atomic E-state index is 0.104. The van der Waals surface area contributed by atoms with Gasteiger partial charge in [0.1, 0.15) is 11.8 Å². The molecule has 4 bridgehead atoms. The highest BCUT2D eigenvalue weighted by Gasteiger charge is 2.53. The SMILES string of the molecule is Cc1ccc2occ(/C=C/C(=O)NC(C)C34CC5CC(CC(C5)C3)C4)c(=O)c2c1. The van der Waals surface area contributed by atoms with Crippen LogP contribution < -0.4 is 10.7 Å².